The predicted molar refractivity (Wildman–Crippen MR) is 69.2 cm³/mol. The second-order valence-electron chi connectivity index (χ2n) is 3.52. The molecule has 0 aliphatic rings. The molecule has 0 bridgehead atoms. The Morgan fingerprint density at radius 3 is 2.62 bits per heavy atom. The van der Waals surface area contributed by atoms with Crippen molar-refractivity contribution in [3.8, 4) is 0 Å². The van der Waals surface area contributed by atoms with Crippen LogP contribution in [0.25, 0.3) is 0 Å². The predicted octanol–water partition coefficient (Wildman–Crippen LogP) is 3.17. The fraction of sp³-hybridized carbons (Fsp3) is 0.455. The average Bonchev–Trinajstić information content (AvgIpc) is 2.17. The fourth-order valence-corrected chi connectivity index (χ4v) is 2.10. The van der Waals surface area contributed by atoms with Gasteiger partial charge in [0.05, 0.1) is 12.1 Å². The Kier molecular flexibility index (Phi) is 7.15. The number of benzene rings is 1. The molecule has 0 radical (unpaired) electrons. The van der Waals surface area contributed by atoms with Crippen LogP contribution < -0.4 is 5.73 Å². The summed E-state index contributed by atoms with van der Waals surface area (Å²) in [6.45, 7) is 1.95. The van der Waals surface area contributed by atoms with E-state index in [1.807, 2.05) is 6.92 Å². The Morgan fingerprint density at radius 2 is 2.12 bits per heavy atom. The van der Waals surface area contributed by atoms with E-state index in [0.717, 1.165) is 6.42 Å². The number of nitrogens with two attached hydrogens (primary N) is 1. The minimum Gasteiger partial charge on any atom is -0.391 e. The number of aliphatic hydroxyl groups excluding tert-OH is 1. The Bertz CT molecular complexity index is 318. The molecule has 0 aliphatic heterocycles. The highest BCUT2D eigenvalue weighted by molar-refractivity contribution is 9.10. The number of aliphatic hydroxyl groups is 1. The topological polar surface area (TPSA) is 46.2 Å². The number of halogens is 3. The number of hydrogen-bond acceptors (Lipinski definition) is 2. The van der Waals surface area contributed by atoms with Gasteiger partial charge in [0, 0.05) is 10.0 Å². The molecule has 0 aromatic heterocycles. The lowest BCUT2D eigenvalue weighted by Crippen LogP contribution is -2.27. The quantitative estimate of drug-likeness (QED) is 0.897. The van der Waals surface area contributed by atoms with Crippen molar-refractivity contribution >= 4 is 28.3 Å². The van der Waals surface area contributed by atoms with Gasteiger partial charge in [0.2, 0.25) is 0 Å². The Hall–Kier alpha value is -0.160. The summed E-state index contributed by atoms with van der Waals surface area (Å²) in [5, 5.41) is 9.71. The van der Waals surface area contributed by atoms with Gasteiger partial charge >= 0.3 is 0 Å². The number of hydrogen-bond donors (Lipinski definition) is 2. The van der Waals surface area contributed by atoms with Crippen LogP contribution >= 0.6 is 28.3 Å². The molecule has 0 amide bonds. The Labute approximate surface area is 110 Å². The van der Waals surface area contributed by atoms with E-state index < -0.39 is 12.1 Å². The zero-order valence-electron chi connectivity index (χ0n) is 8.99. The van der Waals surface area contributed by atoms with E-state index in [1.165, 1.54) is 6.07 Å². The van der Waals surface area contributed by atoms with E-state index in [2.05, 4.69) is 15.9 Å². The van der Waals surface area contributed by atoms with Crippen molar-refractivity contribution in [2.45, 2.75) is 31.9 Å². The molecule has 16 heavy (non-hydrogen) atoms. The molecule has 3 N–H and O–H groups in total. The summed E-state index contributed by atoms with van der Waals surface area (Å²) in [5.74, 6) is -0.382. The highest BCUT2D eigenvalue weighted by Crippen LogP contribution is 2.27. The van der Waals surface area contributed by atoms with Crippen molar-refractivity contribution in [2.24, 2.45) is 5.73 Å². The van der Waals surface area contributed by atoms with Crippen LogP contribution in [0.4, 0.5) is 4.39 Å². The van der Waals surface area contributed by atoms with Crippen LogP contribution in [0.1, 0.15) is 31.4 Å². The van der Waals surface area contributed by atoms with Gasteiger partial charge in [0.25, 0.3) is 0 Å². The number of rotatable bonds is 4. The van der Waals surface area contributed by atoms with Crippen LogP contribution in [-0.4, -0.2) is 11.2 Å². The summed E-state index contributed by atoms with van der Waals surface area (Å²) in [6.07, 6.45) is 0.686. The fourth-order valence-electron chi connectivity index (χ4n) is 1.50. The van der Waals surface area contributed by atoms with Gasteiger partial charge in [-0.3, -0.25) is 0 Å². The molecule has 0 aliphatic carbocycles. The zero-order chi connectivity index (χ0) is 11.4. The first-order chi connectivity index (χ1) is 7.07. The molecule has 5 heteroatoms. The lowest BCUT2D eigenvalue weighted by atomic mass is 9.99. The molecule has 0 spiro atoms. The van der Waals surface area contributed by atoms with E-state index in [9.17, 15) is 9.50 Å². The van der Waals surface area contributed by atoms with Crippen molar-refractivity contribution < 1.29 is 9.50 Å². The Balaban J connectivity index is 0.00000225. The molecule has 0 fully saturated rings. The minimum absolute atomic E-state index is 0. The van der Waals surface area contributed by atoms with Gasteiger partial charge < -0.3 is 10.8 Å². The first-order valence-electron chi connectivity index (χ1n) is 4.95. The lowest BCUT2D eigenvalue weighted by molar-refractivity contribution is 0.132. The summed E-state index contributed by atoms with van der Waals surface area (Å²) < 4.78 is 14.1. The van der Waals surface area contributed by atoms with Gasteiger partial charge in [-0.05, 0) is 18.6 Å². The monoisotopic (exact) mass is 311 g/mol. The van der Waals surface area contributed by atoms with Crippen LogP contribution in [0.2, 0.25) is 0 Å². The van der Waals surface area contributed by atoms with Gasteiger partial charge in [-0.15, -0.1) is 12.4 Å². The molecule has 1 rings (SSSR count). The molecular formula is C11H16BrClFNO. The molecule has 0 saturated heterocycles. The van der Waals surface area contributed by atoms with Gasteiger partial charge in [-0.25, -0.2) is 4.39 Å². The van der Waals surface area contributed by atoms with Crippen LogP contribution in [-0.2, 0) is 0 Å². The van der Waals surface area contributed by atoms with Crippen LogP contribution in [0.15, 0.2) is 22.7 Å². The van der Waals surface area contributed by atoms with Crippen molar-refractivity contribution in [2.75, 3.05) is 0 Å². The largest absolute Gasteiger partial charge is 0.391 e. The molecule has 1 aromatic carbocycles. The third-order valence-electron chi connectivity index (χ3n) is 2.33. The lowest BCUT2D eigenvalue weighted by Gasteiger charge is -2.20. The first kappa shape index (κ1) is 15.8. The van der Waals surface area contributed by atoms with Crippen molar-refractivity contribution in [3.05, 3.63) is 34.1 Å². The average molecular weight is 313 g/mol. The smallest absolute Gasteiger partial charge is 0.129 e. The summed E-state index contributed by atoms with van der Waals surface area (Å²) in [6, 6.07) is 3.98. The third kappa shape index (κ3) is 3.70. The molecule has 2 atom stereocenters. The van der Waals surface area contributed by atoms with Gasteiger partial charge in [0.1, 0.15) is 5.82 Å². The highest BCUT2D eigenvalue weighted by atomic mass is 79.9. The van der Waals surface area contributed by atoms with E-state index in [0.29, 0.717) is 16.5 Å². The van der Waals surface area contributed by atoms with Gasteiger partial charge in [-0.2, -0.15) is 0 Å². The summed E-state index contributed by atoms with van der Waals surface area (Å²) >= 11 is 3.24. The molecule has 92 valence electrons. The maximum atomic E-state index is 13.5. The van der Waals surface area contributed by atoms with Gasteiger partial charge in [0.15, 0.2) is 0 Å². The molecule has 0 unspecified atom stereocenters. The summed E-state index contributed by atoms with van der Waals surface area (Å²) in [5.41, 5.74) is 6.15. The molecule has 0 saturated carbocycles. The normalized spacial score (nSPS) is 14.1. The van der Waals surface area contributed by atoms with E-state index >= 15 is 0 Å². The maximum Gasteiger partial charge on any atom is 0.129 e. The SMILES string of the molecule is CCC[C@H](O)[C@H](N)c1c(F)cccc1Br.Cl. The first-order valence-corrected chi connectivity index (χ1v) is 5.74. The molecule has 0 heterocycles. The summed E-state index contributed by atoms with van der Waals surface area (Å²) in [7, 11) is 0. The molecule has 1 aromatic rings. The van der Waals surface area contributed by atoms with Crippen molar-refractivity contribution in [1.29, 1.82) is 0 Å². The zero-order valence-corrected chi connectivity index (χ0v) is 11.4. The second-order valence-corrected chi connectivity index (χ2v) is 4.37. The van der Waals surface area contributed by atoms with Crippen molar-refractivity contribution in [1.82, 2.24) is 0 Å². The minimum atomic E-state index is -0.705. The van der Waals surface area contributed by atoms with E-state index in [1.54, 1.807) is 12.1 Å². The van der Waals surface area contributed by atoms with Crippen LogP contribution in [0.5, 0.6) is 0 Å². The highest BCUT2D eigenvalue weighted by Gasteiger charge is 2.21. The maximum absolute atomic E-state index is 13.5. The van der Waals surface area contributed by atoms with Crippen LogP contribution in [0, 0.1) is 5.82 Å². The van der Waals surface area contributed by atoms with Crippen LogP contribution in [0.3, 0.4) is 0 Å². The van der Waals surface area contributed by atoms with E-state index in [4.69, 9.17) is 5.73 Å². The third-order valence-corrected chi connectivity index (χ3v) is 3.02. The molecular weight excluding hydrogens is 296 g/mol. The van der Waals surface area contributed by atoms with Gasteiger partial charge in [-0.1, -0.05) is 35.3 Å². The Morgan fingerprint density at radius 1 is 1.50 bits per heavy atom. The molecule has 2 nitrogen and oxygen atoms in total. The standard InChI is InChI=1S/C11H15BrFNO.ClH/c1-2-4-9(15)11(14)10-7(12)5-3-6-8(10)13;/h3,5-6,9,11,15H,2,4,14H2,1H3;1H/t9-,11-;/m0./s1. The second kappa shape index (κ2) is 7.22. The van der Waals surface area contributed by atoms with Crippen molar-refractivity contribution in [3.63, 3.8) is 0 Å². The summed E-state index contributed by atoms with van der Waals surface area (Å²) in [4.78, 5) is 0. The van der Waals surface area contributed by atoms with E-state index in [-0.39, 0.29) is 18.2 Å².